The molecule has 0 spiro atoms. The number of aromatic nitrogens is 2. The molecule has 1 aliphatic heterocycles. The second kappa shape index (κ2) is 7.78. The van der Waals surface area contributed by atoms with E-state index in [9.17, 15) is 4.79 Å². The van der Waals surface area contributed by atoms with Crippen LogP contribution < -0.4 is 16.4 Å². The van der Waals surface area contributed by atoms with Crippen LogP contribution in [-0.4, -0.2) is 52.5 Å². The van der Waals surface area contributed by atoms with Crippen LogP contribution in [0.3, 0.4) is 0 Å². The van der Waals surface area contributed by atoms with E-state index in [2.05, 4.69) is 25.5 Å². The first kappa shape index (κ1) is 17.5. The van der Waals surface area contributed by atoms with Gasteiger partial charge in [-0.3, -0.25) is 9.69 Å². The van der Waals surface area contributed by atoms with Crippen LogP contribution in [0.15, 0.2) is 12.3 Å². The minimum absolute atomic E-state index is 0.179. The quantitative estimate of drug-likeness (QED) is 0.715. The molecule has 2 saturated carbocycles. The maximum atomic E-state index is 12.5. The molecule has 1 aromatic rings. The van der Waals surface area contributed by atoms with Crippen LogP contribution in [0.4, 0.5) is 11.8 Å². The number of nitrogen functional groups attached to an aromatic ring is 1. The van der Waals surface area contributed by atoms with Crippen molar-refractivity contribution in [3.8, 4) is 0 Å². The van der Waals surface area contributed by atoms with Gasteiger partial charge in [-0.15, -0.1) is 0 Å². The Morgan fingerprint density at radius 1 is 1.19 bits per heavy atom. The molecule has 3 aliphatic rings. The number of nitrogens with two attached hydrogens (primary N) is 1. The van der Waals surface area contributed by atoms with Gasteiger partial charge >= 0.3 is 0 Å². The predicted octanol–water partition coefficient (Wildman–Crippen LogP) is 1.63. The number of anilines is 2. The van der Waals surface area contributed by atoms with E-state index >= 15 is 0 Å². The number of carbonyl (C=O) groups is 1. The fourth-order valence-corrected chi connectivity index (χ4v) is 4.56. The number of nitrogens with zero attached hydrogens (tertiary/aromatic N) is 3. The summed E-state index contributed by atoms with van der Waals surface area (Å²) in [5.74, 6) is 2.60. The zero-order valence-electron chi connectivity index (χ0n) is 15.4. The van der Waals surface area contributed by atoms with Crippen molar-refractivity contribution in [3.05, 3.63) is 12.3 Å². The van der Waals surface area contributed by atoms with Crippen LogP contribution in [0.5, 0.6) is 0 Å². The van der Waals surface area contributed by atoms with Crippen molar-refractivity contribution in [3.63, 3.8) is 0 Å². The van der Waals surface area contributed by atoms with E-state index in [0.717, 1.165) is 37.7 Å². The lowest BCUT2D eigenvalue weighted by Gasteiger charge is -2.24. The lowest BCUT2D eigenvalue weighted by molar-refractivity contribution is -0.123. The van der Waals surface area contributed by atoms with Gasteiger partial charge in [-0.05, 0) is 43.6 Å². The van der Waals surface area contributed by atoms with Gasteiger partial charge in [0.15, 0.2) is 0 Å². The number of amides is 1. The predicted molar refractivity (Wildman–Crippen MR) is 102 cm³/mol. The summed E-state index contributed by atoms with van der Waals surface area (Å²) in [5.41, 5.74) is 5.70. The van der Waals surface area contributed by atoms with Crippen molar-refractivity contribution in [1.29, 1.82) is 0 Å². The van der Waals surface area contributed by atoms with E-state index in [4.69, 9.17) is 5.73 Å². The maximum Gasteiger partial charge on any atom is 0.234 e. The van der Waals surface area contributed by atoms with Gasteiger partial charge in [-0.25, -0.2) is 4.98 Å². The highest BCUT2D eigenvalue weighted by Crippen LogP contribution is 2.42. The van der Waals surface area contributed by atoms with Crippen LogP contribution in [0.1, 0.15) is 44.9 Å². The van der Waals surface area contributed by atoms with Gasteiger partial charge < -0.3 is 16.4 Å². The van der Waals surface area contributed by atoms with E-state index in [1.54, 1.807) is 6.20 Å². The SMILES string of the molecule is Nc1nccc(N[C@H]2CN(CC(=O)NC3CCCCC3)C[C@@H]2C2CC2)n1. The second-order valence-electron chi connectivity index (χ2n) is 8.15. The van der Waals surface area contributed by atoms with Crippen molar-refractivity contribution in [2.75, 3.05) is 30.7 Å². The molecule has 2 aliphatic carbocycles. The van der Waals surface area contributed by atoms with Gasteiger partial charge in [-0.1, -0.05) is 19.3 Å². The molecule has 3 fully saturated rings. The summed E-state index contributed by atoms with van der Waals surface area (Å²) in [5, 5.41) is 6.77. The van der Waals surface area contributed by atoms with E-state index in [1.165, 1.54) is 32.1 Å². The highest BCUT2D eigenvalue weighted by molar-refractivity contribution is 5.78. The lowest BCUT2D eigenvalue weighted by Crippen LogP contribution is -2.42. The zero-order chi connectivity index (χ0) is 17.9. The summed E-state index contributed by atoms with van der Waals surface area (Å²) in [6.07, 6.45) is 10.3. The van der Waals surface area contributed by atoms with Gasteiger partial charge in [0.1, 0.15) is 5.82 Å². The third kappa shape index (κ3) is 4.44. The molecule has 1 saturated heterocycles. The highest BCUT2D eigenvalue weighted by Gasteiger charge is 2.43. The van der Waals surface area contributed by atoms with Gasteiger partial charge in [0, 0.05) is 31.4 Å². The van der Waals surface area contributed by atoms with Crippen LogP contribution in [0.2, 0.25) is 0 Å². The number of hydrogen-bond acceptors (Lipinski definition) is 6. The average molecular weight is 358 g/mol. The molecule has 7 nitrogen and oxygen atoms in total. The third-order valence-corrected chi connectivity index (χ3v) is 6.01. The van der Waals surface area contributed by atoms with Crippen LogP contribution in [0, 0.1) is 11.8 Å². The Morgan fingerprint density at radius 2 is 2.00 bits per heavy atom. The lowest BCUT2D eigenvalue weighted by atomic mass is 9.95. The maximum absolute atomic E-state index is 12.5. The standard InChI is InChI=1S/C19H30N6O/c20-19-21-9-8-17(24-19)23-16-11-25(10-15(16)13-6-7-13)12-18(26)22-14-4-2-1-3-5-14/h8-9,13-16H,1-7,10-12H2,(H,22,26)(H3,20,21,23,24)/t15-,16+/m1/s1. The average Bonchev–Trinajstić information content (AvgIpc) is 3.39. The zero-order valence-corrected chi connectivity index (χ0v) is 15.4. The molecule has 2 atom stereocenters. The molecule has 2 heterocycles. The molecule has 0 unspecified atom stereocenters. The molecular weight excluding hydrogens is 328 g/mol. The van der Waals surface area contributed by atoms with Crippen molar-refractivity contribution < 1.29 is 4.79 Å². The summed E-state index contributed by atoms with van der Waals surface area (Å²) in [7, 11) is 0. The van der Waals surface area contributed by atoms with Crippen LogP contribution in [0.25, 0.3) is 0 Å². The van der Waals surface area contributed by atoms with Crippen LogP contribution in [-0.2, 0) is 4.79 Å². The second-order valence-corrected chi connectivity index (χ2v) is 8.15. The smallest absolute Gasteiger partial charge is 0.234 e. The first-order valence-corrected chi connectivity index (χ1v) is 10.0. The summed E-state index contributed by atoms with van der Waals surface area (Å²) >= 11 is 0. The number of carbonyl (C=O) groups excluding carboxylic acids is 1. The van der Waals surface area contributed by atoms with E-state index in [1.807, 2.05) is 6.07 Å². The Morgan fingerprint density at radius 3 is 2.73 bits per heavy atom. The highest BCUT2D eigenvalue weighted by atomic mass is 16.2. The first-order chi connectivity index (χ1) is 12.7. The van der Waals surface area contributed by atoms with Gasteiger partial charge in [0.25, 0.3) is 0 Å². The fraction of sp³-hybridized carbons (Fsp3) is 0.737. The molecule has 26 heavy (non-hydrogen) atoms. The Labute approximate surface area is 155 Å². The van der Waals surface area contributed by atoms with Crippen molar-refractivity contribution in [2.45, 2.75) is 57.0 Å². The molecule has 1 amide bonds. The summed E-state index contributed by atoms with van der Waals surface area (Å²) < 4.78 is 0. The molecule has 1 aromatic heterocycles. The monoisotopic (exact) mass is 358 g/mol. The molecule has 0 bridgehead atoms. The van der Waals surface area contributed by atoms with Crippen molar-refractivity contribution in [2.24, 2.45) is 11.8 Å². The third-order valence-electron chi connectivity index (χ3n) is 6.01. The van der Waals surface area contributed by atoms with Crippen LogP contribution >= 0.6 is 0 Å². The topological polar surface area (TPSA) is 96.2 Å². The molecule has 4 N–H and O–H groups in total. The molecule has 7 heteroatoms. The van der Waals surface area contributed by atoms with Gasteiger partial charge in [0.05, 0.1) is 6.54 Å². The summed E-state index contributed by atoms with van der Waals surface area (Å²) in [6.45, 7) is 2.37. The molecular formula is C19H30N6O. The number of nitrogens with one attached hydrogen (secondary N) is 2. The van der Waals surface area contributed by atoms with E-state index in [0.29, 0.717) is 30.5 Å². The van der Waals surface area contributed by atoms with E-state index in [-0.39, 0.29) is 5.91 Å². The van der Waals surface area contributed by atoms with Gasteiger partial charge in [-0.2, -0.15) is 4.98 Å². The Hall–Kier alpha value is -1.89. The van der Waals surface area contributed by atoms with Crippen molar-refractivity contribution in [1.82, 2.24) is 20.2 Å². The Bertz CT molecular complexity index is 628. The summed E-state index contributed by atoms with van der Waals surface area (Å²) in [4.78, 5) is 23.0. The fourth-order valence-electron chi connectivity index (χ4n) is 4.56. The van der Waals surface area contributed by atoms with Crippen molar-refractivity contribution >= 4 is 17.7 Å². The molecule has 0 aromatic carbocycles. The number of likely N-dealkylation sites (tertiary alicyclic amines) is 1. The number of rotatable bonds is 6. The first-order valence-electron chi connectivity index (χ1n) is 10.0. The minimum Gasteiger partial charge on any atom is -0.368 e. The molecule has 142 valence electrons. The Kier molecular flexibility index (Phi) is 5.24. The van der Waals surface area contributed by atoms with Gasteiger partial charge in [0.2, 0.25) is 11.9 Å². The minimum atomic E-state index is 0.179. The Balaban J connectivity index is 1.32. The summed E-state index contributed by atoms with van der Waals surface area (Å²) in [6, 6.07) is 2.56. The van der Waals surface area contributed by atoms with E-state index < -0.39 is 0 Å². The number of hydrogen-bond donors (Lipinski definition) is 3. The molecule has 0 radical (unpaired) electrons. The normalized spacial score (nSPS) is 27.4. The largest absolute Gasteiger partial charge is 0.368 e. The molecule has 4 rings (SSSR count).